The zero-order valence-corrected chi connectivity index (χ0v) is 20.1. The van der Waals surface area contributed by atoms with Crippen LogP contribution in [0.3, 0.4) is 0 Å². The molecule has 3 aromatic carbocycles. The third kappa shape index (κ3) is 7.25. The minimum absolute atomic E-state index is 0.157. The average molecular weight is 475 g/mol. The van der Waals surface area contributed by atoms with Crippen LogP contribution in [0.1, 0.15) is 30.4 Å². The van der Waals surface area contributed by atoms with Crippen LogP contribution in [0.5, 0.6) is 0 Å². The highest BCUT2D eigenvalue weighted by atomic mass is 32.2. The molecule has 34 heavy (non-hydrogen) atoms. The molecule has 6 heteroatoms. The Kier molecular flexibility index (Phi) is 9.35. The lowest BCUT2D eigenvalue weighted by Crippen LogP contribution is -2.36. The van der Waals surface area contributed by atoms with Crippen LogP contribution in [-0.4, -0.2) is 35.1 Å². The summed E-state index contributed by atoms with van der Waals surface area (Å²) >= 11 is 1.59. The van der Waals surface area contributed by atoms with Crippen molar-refractivity contribution in [1.29, 1.82) is 0 Å². The highest BCUT2D eigenvalue weighted by molar-refractivity contribution is 7.99. The average Bonchev–Trinajstić information content (AvgIpc) is 2.85. The number of urea groups is 1. The number of carboxylic acid groups (broad SMARTS) is 1. The molecule has 0 bridgehead atoms. The van der Waals surface area contributed by atoms with Crippen LogP contribution in [0.2, 0.25) is 0 Å². The summed E-state index contributed by atoms with van der Waals surface area (Å²) in [7, 11) is 0. The molecule has 176 valence electrons. The molecule has 3 aromatic rings. The number of carbonyl (C=O) groups is 2. The van der Waals surface area contributed by atoms with E-state index >= 15 is 0 Å². The number of hydrogen-bond donors (Lipinski definition) is 2. The Bertz CT molecular complexity index is 1080. The highest BCUT2D eigenvalue weighted by Gasteiger charge is 2.17. The standard InChI is InChI=1S/C28H30N2O3S/c1-3-19-30(20-18-21-8-6-5-7-9-21)28(33)29-23-12-16-25(17-13-23)34-24-14-10-22(11-15-24)26(4-2)27(31)32/h3,5-17,26H,1,4,18-20H2,2H3,(H,29,33)(H,31,32). The minimum atomic E-state index is -0.799. The van der Waals surface area contributed by atoms with Crippen molar-refractivity contribution in [3.05, 3.63) is 103 Å². The normalized spacial score (nSPS) is 11.4. The Balaban J connectivity index is 1.57. The Labute approximate surface area is 205 Å². The van der Waals surface area contributed by atoms with E-state index in [4.69, 9.17) is 0 Å². The fourth-order valence-electron chi connectivity index (χ4n) is 3.61. The second-order valence-electron chi connectivity index (χ2n) is 7.89. The van der Waals surface area contributed by atoms with Crippen LogP contribution >= 0.6 is 11.8 Å². The molecule has 0 aliphatic carbocycles. The summed E-state index contributed by atoms with van der Waals surface area (Å²) in [6.45, 7) is 6.73. The molecule has 0 radical (unpaired) electrons. The number of nitrogens with zero attached hydrogens (tertiary/aromatic N) is 1. The summed E-state index contributed by atoms with van der Waals surface area (Å²) in [5, 5.41) is 12.3. The van der Waals surface area contributed by atoms with E-state index in [1.165, 1.54) is 5.56 Å². The molecular weight excluding hydrogens is 444 g/mol. The molecule has 0 aliphatic heterocycles. The molecule has 0 saturated heterocycles. The third-order valence-electron chi connectivity index (χ3n) is 5.48. The van der Waals surface area contributed by atoms with Crippen molar-refractivity contribution in [2.75, 3.05) is 18.4 Å². The first-order chi connectivity index (χ1) is 16.5. The van der Waals surface area contributed by atoms with Crippen molar-refractivity contribution in [3.63, 3.8) is 0 Å². The van der Waals surface area contributed by atoms with Gasteiger partial charge in [-0.05, 0) is 60.4 Å². The lowest BCUT2D eigenvalue weighted by atomic mass is 9.97. The van der Waals surface area contributed by atoms with Crippen molar-refractivity contribution >= 4 is 29.4 Å². The highest BCUT2D eigenvalue weighted by Crippen LogP contribution is 2.30. The van der Waals surface area contributed by atoms with E-state index < -0.39 is 11.9 Å². The van der Waals surface area contributed by atoms with Crippen molar-refractivity contribution < 1.29 is 14.7 Å². The smallest absolute Gasteiger partial charge is 0.322 e. The van der Waals surface area contributed by atoms with Gasteiger partial charge >= 0.3 is 12.0 Å². The van der Waals surface area contributed by atoms with Crippen LogP contribution in [0.25, 0.3) is 0 Å². The molecule has 3 rings (SSSR count). The van der Waals surface area contributed by atoms with Gasteiger partial charge in [0.25, 0.3) is 0 Å². The summed E-state index contributed by atoms with van der Waals surface area (Å²) in [5.74, 6) is -1.28. The van der Waals surface area contributed by atoms with E-state index in [0.29, 0.717) is 19.5 Å². The lowest BCUT2D eigenvalue weighted by Gasteiger charge is -2.22. The number of benzene rings is 3. The molecule has 0 aliphatic rings. The minimum Gasteiger partial charge on any atom is -0.481 e. The van der Waals surface area contributed by atoms with Gasteiger partial charge in [-0.2, -0.15) is 0 Å². The fraction of sp³-hybridized carbons (Fsp3) is 0.214. The van der Waals surface area contributed by atoms with E-state index in [1.807, 2.05) is 73.7 Å². The Morgan fingerprint density at radius 3 is 2.18 bits per heavy atom. The zero-order valence-electron chi connectivity index (χ0n) is 19.3. The monoisotopic (exact) mass is 474 g/mol. The van der Waals surface area contributed by atoms with Crippen molar-refractivity contribution in [1.82, 2.24) is 4.90 Å². The first-order valence-electron chi connectivity index (χ1n) is 11.3. The third-order valence-corrected chi connectivity index (χ3v) is 6.50. The summed E-state index contributed by atoms with van der Waals surface area (Å²) in [4.78, 5) is 27.9. The molecule has 1 atom stereocenters. The quantitative estimate of drug-likeness (QED) is 0.304. The maximum absolute atomic E-state index is 12.8. The molecule has 2 amide bonds. The molecule has 5 nitrogen and oxygen atoms in total. The predicted molar refractivity (Wildman–Crippen MR) is 139 cm³/mol. The van der Waals surface area contributed by atoms with Crippen LogP contribution in [0.15, 0.2) is 101 Å². The predicted octanol–water partition coefficient (Wildman–Crippen LogP) is 6.68. The van der Waals surface area contributed by atoms with Gasteiger partial charge in [0.05, 0.1) is 5.92 Å². The maximum atomic E-state index is 12.8. The molecule has 0 heterocycles. The largest absolute Gasteiger partial charge is 0.481 e. The number of carboxylic acids is 1. The second-order valence-corrected chi connectivity index (χ2v) is 9.04. The van der Waals surface area contributed by atoms with Gasteiger partial charge in [-0.3, -0.25) is 4.79 Å². The van der Waals surface area contributed by atoms with E-state index in [0.717, 1.165) is 27.5 Å². The van der Waals surface area contributed by atoms with Crippen LogP contribution in [-0.2, 0) is 11.2 Å². The Hall–Kier alpha value is -3.51. The van der Waals surface area contributed by atoms with Crippen LogP contribution in [0, 0.1) is 0 Å². The van der Waals surface area contributed by atoms with Gasteiger partial charge in [-0.25, -0.2) is 4.79 Å². The number of anilines is 1. The van der Waals surface area contributed by atoms with E-state index in [2.05, 4.69) is 24.0 Å². The topological polar surface area (TPSA) is 69.6 Å². The van der Waals surface area contributed by atoms with Crippen LogP contribution < -0.4 is 5.32 Å². The van der Waals surface area contributed by atoms with Gasteiger partial charge in [0.1, 0.15) is 0 Å². The first-order valence-corrected chi connectivity index (χ1v) is 12.1. The molecule has 0 saturated carbocycles. The lowest BCUT2D eigenvalue weighted by molar-refractivity contribution is -0.138. The molecule has 0 aromatic heterocycles. The van der Waals surface area contributed by atoms with E-state index in [9.17, 15) is 14.7 Å². The molecule has 2 N–H and O–H groups in total. The summed E-state index contributed by atoms with van der Waals surface area (Å²) in [6, 6.07) is 25.3. The SMILES string of the molecule is C=CCN(CCc1ccccc1)C(=O)Nc1ccc(Sc2ccc(C(CC)C(=O)O)cc2)cc1. The number of aliphatic carboxylic acids is 1. The van der Waals surface area contributed by atoms with Gasteiger partial charge in [-0.1, -0.05) is 67.2 Å². The summed E-state index contributed by atoms with van der Waals surface area (Å²) in [6.07, 6.45) is 3.07. The number of nitrogens with one attached hydrogen (secondary N) is 1. The summed E-state index contributed by atoms with van der Waals surface area (Å²) in [5.41, 5.74) is 2.73. The van der Waals surface area contributed by atoms with E-state index in [1.54, 1.807) is 22.7 Å². The maximum Gasteiger partial charge on any atom is 0.322 e. The molecule has 0 spiro atoms. The van der Waals surface area contributed by atoms with Crippen molar-refractivity contribution in [3.8, 4) is 0 Å². The number of hydrogen-bond acceptors (Lipinski definition) is 3. The van der Waals surface area contributed by atoms with Crippen molar-refractivity contribution in [2.45, 2.75) is 35.5 Å². The van der Waals surface area contributed by atoms with Gasteiger partial charge in [0.15, 0.2) is 0 Å². The Morgan fingerprint density at radius 2 is 1.62 bits per heavy atom. The molecule has 0 fully saturated rings. The zero-order chi connectivity index (χ0) is 24.3. The van der Waals surface area contributed by atoms with Gasteiger partial charge in [0, 0.05) is 28.6 Å². The number of rotatable bonds is 11. The van der Waals surface area contributed by atoms with Crippen molar-refractivity contribution in [2.24, 2.45) is 0 Å². The second kappa shape index (κ2) is 12.7. The van der Waals surface area contributed by atoms with E-state index in [-0.39, 0.29) is 6.03 Å². The molecule has 1 unspecified atom stereocenters. The van der Waals surface area contributed by atoms with Gasteiger partial charge < -0.3 is 15.3 Å². The first kappa shape index (κ1) is 25.1. The van der Waals surface area contributed by atoms with Crippen LogP contribution in [0.4, 0.5) is 10.5 Å². The summed E-state index contributed by atoms with van der Waals surface area (Å²) < 4.78 is 0. The Morgan fingerprint density at radius 1 is 1.00 bits per heavy atom. The van der Waals surface area contributed by atoms with Gasteiger partial charge in [0.2, 0.25) is 0 Å². The van der Waals surface area contributed by atoms with Gasteiger partial charge in [-0.15, -0.1) is 6.58 Å². The molecular formula is C28H30N2O3S. The number of amides is 2. The number of carbonyl (C=O) groups excluding carboxylic acids is 1. The fourth-order valence-corrected chi connectivity index (χ4v) is 4.42.